The summed E-state index contributed by atoms with van der Waals surface area (Å²) < 4.78 is 44.6. The molecule has 0 unspecified atom stereocenters. The van der Waals surface area contributed by atoms with Crippen LogP contribution in [0.3, 0.4) is 0 Å². The van der Waals surface area contributed by atoms with Crippen molar-refractivity contribution in [1.29, 1.82) is 0 Å². The van der Waals surface area contributed by atoms with Crippen LogP contribution in [0.5, 0.6) is 5.75 Å². The van der Waals surface area contributed by atoms with Crippen molar-refractivity contribution in [3.05, 3.63) is 29.8 Å². The Kier molecular flexibility index (Phi) is 3.19. The maximum Gasteiger partial charge on any atom is 0.573 e. The SMILES string of the molecule is COC(=O)[C@H]1C[C@@H]1c1cccc(OC(F)(F)F)c1. The van der Waals surface area contributed by atoms with E-state index in [1.807, 2.05) is 0 Å². The Morgan fingerprint density at radius 1 is 1.39 bits per heavy atom. The van der Waals surface area contributed by atoms with Gasteiger partial charge in [0.1, 0.15) is 5.75 Å². The maximum atomic E-state index is 12.1. The van der Waals surface area contributed by atoms with Gasteiger partial charge in [-0.3, -0.25) is 4.79 Å². The molecular formula is C12H11F3O3. The van der Waals surface area contributed by atoms with Crippen molar-refractivity contribution in [2.45, 2.75) is 18.7 Å². The quantitative estimate of drug-likeness (QED) is 0.784. The molecule has 0 spiro atoms. The Labute approximate surface area is 102 Å². The zero-order chi connectivity index (χ0) is 13.3. The molecule has 18 heavy (non-hydrogen) atoms. The van der Waals surface area contributed by atoms with Gasteiger partial charge in [0.2, 0.25) is 0 Å². The highest BCUT2D eigenvalue weighted by Crippen LogP contribution is 2.48. The summed E-state index contributed by atoms with van der Waals surface area (Å²) in [6.45, 7) is 0. The average Bonchev–Trinajstić information content (AvgIpc) is 3.06. The van der Waals surface area contributed by atoms with Crippen molar-refractivity contribution in [2.24, 2.45) is 5.92 Å². The van der Waals surface area contributed by atoms with E-state index in [9.17, 15) is 18.0 Å². The number of halogens is 3. The van der Waals surface area contributed by atoms with E-state index in [1.165, 1.54) is 25.3 Å². The number of methoxy groups -OCH3 is 1. The number of rotatable bonds is 3. The Morgan fingerprint density at radius 3 is 2.72 bits per heavy atom. The summed E-state index contributed by atoms with van der Waals surface area (Å²) in [4.78, 5) is 11.2. The molecule has 1 aliphatic rings. The summed E-state index contributed by atoms with van der Waals surface area (Å²) in [5.41, 5.74) is 0.659. The first-order valence-corrected chi connectivity index (χ1v) is 5.34. The van der Waals surface area contributed by atoms with Crippen LogP contribution in [-0.2, 0) is 9.53 Å². The van der Waals surface area contributed by atoms with Gasteiger partial charge in [0.05, 0.1) is 13.0 Å². The molecule has 0 aliphatic heterocycles. The van der Waals surface area contributed by atoms with Crippen molar-refractivity contribution >= 4 is 5.97 Å². The third-order valence-corrected chi connectivity index (χ3v) is 2.81. The fourth-order valence-corrected chi connectivity index (χ4v) is 1.92. The third kappa shape index (κ3) is 2.94. The van der Waals surface area contributed by atoms with Crippen LogP contribution in [0.1, 0.15) is 17.9 Å². The summed E-state index contributed by atoms with van der Waals surface area (Å²) in [6.07, 6.45) is -4.11. The molecule has 1 aliphatic carbocycles. The minimum atomic E-state index is -4.70. The van der Waals surface area contributed by atoms with Crippen LogP contribution in [0.15, 0.2) is 24.3 Å². The second-order valence-electron chi connectivity index (χ2n) is 4.09. The summed E-state index contributed by atoms with van der Waals surface area (Å²) >= 11 is 0. The van der Waals surface area contributed by atoms with Crippen molar-refractivity contribution in [1.82, 2.24) is 0 Å². The minimum absolute atomic E-state index is 0.0748. The molecule has 1 aromatic carbocycles. The van der Waals surface area contributed by atoms with E-state index in [2.05, 4.69) is 9.47 Å². The van der Waals surface area contributed by atoms with Gasteiger partial charge in [-0.15, -0.1) is 13.2 Å². The number of hydrogen-bond acceptors (Lipinski definition) is 3. The molecule has 6 heteroatoms. The predicted molar refractivity (Wildman–Crippen MR) is 56.0 cm³/mol. The molecular weight excluding hydrogens is 249 g/mol. The molecule has 0 N–H and O–H groups in total. The van der Waals surface area contributed by atoms with E-state index in [1.54, 1.807) is 6.07 Å². The van der Waals surface area contributed by atoms with E-state index in [4.69, 9.17) is 0 Å². The standard InChI is InChI=1S/C12H11F3O3/c1-17-11(16)10-6-9(10)7-3-2-4-8(5-7)18-12(13,14)15/h2-5,9-10H,6H2,1H3/t9-,10+/m1/s1. The molecule has 98 valence electrons. The summed E-state index contributed by atoms with van der Waals surface area (Å²) in [5.74, 6) is -0.928. The van der Waals surface area contributed by atoms with Crippen molar-refractivity contribution in [3.8, 4) is 5.75 Å². The molecule has 0 amide bonds. The Morgan fingerprint density at radius 2 is 2.11 bits per heavy atom. The Bertz CT molecular complexity index is 456. The normalized spacial score (nSPS) is 22.4. The first kappa shape index (κ1) is 12.7. The fraction of sp³-hybridized carbons (Fsp3) is 0.417. The van der Waals surface area contributed by atoms with Gasteiger partial charge in [-0.1, -0.05) is 12.1 Å². The third-order valence-electron chi connectivity index (χ3n) is 2.81. The highest BCUT2D eigenvalue weighted by molar-refractivity contribution is 5.77. The van der Waals surface area contributed by atoms with Gasteiger partial charge in [-0.2, -0.15) is 0 Å². The topological polar surface area (TPSA) is 35.5 Å². The monoisotopic (exact) mass is 260 g/mol. The highest BCUT2D eigenvalue weighted by Gasteiger charge is 2.45. The van der Waals surface area contributed by atoms with Gasteiger partial charge in [0, 0.05) is 0 Å². The van der Waals surface area contributed by atoms with E-state index < -0.39 is 6.36 Å². The highest BCUT2D eigenvalue weighted by atomic mass is 19.4. The Balaban J connectivity index is 2.08. The van der Waals surface area contributed by atoms with Crippen LogP contribution in [0, 0.1) is 5.92 Å². The molecule has 1 aromatic rings. The summed E-state index contributed by atoms with van der Waals surface area (Å²) in [5, 5.41) is 0. The van der Waals surface area contributed by atoms with E-state index in [0.717, 1.165) is 0 Å². The van der Waals surface area contributed by atoms with Crippen LogP contribution in [0.2, 0.25) is 0 Å². The lowest BCUT2D eigenvalue weighted by atomic mass is 10.1. The van der Waals surface area contributed by atoms with Crippen molar-refractivity contribution < 1.29 is 27.4 Å². The second-order valence-corrected chi connectivity index (χ2v) is 4.09. The van der Waals surface area contributed by atoms with Gasteiger partial charge >= 0.3 is 12.3 Å². The van der Waals surface area contributed by atoms with Crippen LogP contribution in [0.4, 0.5) is 13.2 Å². The van der Waals surface area contributed by atoms with Gasteiger partial charge in [-0.05, 0) is 30.0 Å². The first-order chi connectivity index (χ1) is 8.40. The Hall–Kier alpha value is -1.72. The average molecular weight is 260 g/mol. The number of hydrogen-bond donors (Lipinski definition) is 0. The number of benzene rings is 1. The van der Waals surface area contributed by atoms with Gasteiger partial charge in [-0.25, -0.2) is 0 Å². The summed E-state index contributed by atoms with van der Waals surface area (Å²) in [7, 11) is 1.29. The molecule has 1 saturated carbocycles. The lowest BCUT2D eigenvalue weighted by molar-refractivity contribution is -0.274. The molecule has 2 rings (SSSR count). The minimum Gasteiger partial charge on any atom is -0.469 e. The second kappa shape index (κ2) is 4.51. The van der Waals surface area contributed by atoms with Crippen LogP contribution in [-0.4, -0.2) is 19.4 Å². The smallest absolute Gasteiger partial charge is 0.469 e. The van der Waals surface area contributed by atoms with Crippen molar-refractivity contribution in [3.63, 3.8) is 0 Å². The van der Waals surface area contributed by atoms with Crippen LogP contribution >= 0.6 is 0 Å². The van der Waals surface area contributed by atoms with E-state index in [-0.39, 0.29) is 23.6 Å². The first-order valence-electron chi connectivity index (χ1n) is 5.34. The van der Waals surface area contributed by atoms with Gasteiger partial charge in [0.25, 0.3) is 0 Å². The zero-order valence-electron chi connectivity index (χ0n) is 9.53. The zero-order valence-corrected chi connectivity index (χ0v) is 9.53. The van der Waals surface area contributed by atoms with Gasteiger partial charge < -0.3 is 9.47 Å². The molecule has 0 aromatic heterocycles. The largest absolute Gasteiger partial charge is 0.573 e. The van der Waals surface area contributed by atoms with E-state index in [0.29, 0.717) is 12.0 Å². The molecule has 2 atom stereocenters. The lowest BCUT2D eigenvalue weighted by Crippen LogP contribution is -2.17. The number of carbonyl (C=O) groups excluding carboxylic acids is 1. The molecule has 3 nitrogen and oxygen atoms in total. The molecule has 0 saturated heterocycles. The number of alkyl halides is 3. The fourth-order valence-electron chi connectivity index (χ4n) is 1.92. The molecule has 0 radical (unpaired) electrons. The molecule has 0 heterocycles. The molecule has 0 bridgehead atoms. The number of ether oxygens (including phenoxy) is 2. The number of carbonyl (C=O) groups is 1. The van der Waals surface area contributed by atoms with Crippen molar-refractivity contribution in [2.75, 3.05) is 7.11 Å². The lowest BCUT2D eigenvalue weighted by Gasteiger charge is -2.09. The number of esters is 1. The van der Waals surface area contributed by atoms with Gasteiger partial charge in [0.15, 0.2) is 0 Å². The summed E-state index contributed by atoms with van der Waals surface area (Å²) in [6, 6.07) is 5.69. The van der Waals surface area contributed by atoms with Crippen LogP contribution in [0.25, 0.3) is 0 Å². The van der Waals surface area contributed by atoms with Crippen LogP contribution < -0.4 is 4.74 Å². The molecule has 1 fully saturated rings. The predicted octanol–water partition coefficient (Wildman–Crippen LogP) is 2.86. The maximum absolute atomic E-state index is 12.1. The van der Waals surface area contributed by atoms with E-state index >= 15 is 0 Å².